The van der Waals surface area contributed by atoms with Gasteiger partial charge < -0.3 is 10.2 Å². The Bertz CT molecular complexity index is 203. The highest BCUT2D eigenvalue weighted by atomic mass is 15.1. The van der Waals surface area contributed by atoms with Gasteiger partial charge in [0.15, 0.2) is 0 Å². The highest BCUT2D eigenvalue weighted by Crippen LogP contribution is 2.28. The van der Waals surface area contributed by atoms with Gasteiger partial charge in [0.05, 0.1) is 0 Å². The van der Waals surface area contributed by atoms with Crippen LogP contribution in [0.1, 0.15) is 38.5 Å². The van der Waals surface area contributed by atoms with E-state index >= 15 is 0 Å². The van der Waals surface area contributed by atoms with Crippen LogP contribution in [0.25, 0.3) is 0 Å². The minimum absolute atomic E-state index is 0.802. The first-order valence-corrected chi connectivity index (χ1v) is 6.95. The number of unbranched alkanes of at least 4 members (excludes halogenated alkanes) is 1. The molecule has 0 radical (unpaired) electrons. The van der Waals surface area contributed by atoms with Gasteiger partial charge >= 0.3 is 0 Å². The fraction of sp³-hybridized carbons (Fsp3) is 0.857. The van der Waals surface area contributed by atoms with Gasteiger partial charge in [-0.15, -0.1) is 6.58 Å². The third-order valence-corrected chi connectivity index (χ3v) is 3.86. The van der Waals surface area contributed by atoms with Gasteiger partial charge in [0, 0.05) is 6.04 Å². The Hall–Kier alpha value is -0.340. The Balaban J connectivity index is 1.52. The lowest BCUT2D eigenvalue weighted by Crippen LogP contribution is -2.43. The van der Waals surface area contributed by atoms with Crippen LogP contribution < -0.4 is 5.32 Å². The second kappa shape index (κ2) is 6.41. The normalized spacial score (nSPS) is 23.5. The SMILES string of the molecule is C=CCCCN1CCC(NCC2CC2)CC1. The van der Waals surface area contributed by atoms with Gasteiger partial charge in [-0.2, -0.15) is 0 Å². The van der Waals surface area contributed by atoms with Crippen LogP contribution in [0.5, 0.6) is 0 Å². The molecule has 2 heteroatoms. The van der Waals surface area contributed by atoms with Gasteiger partial charge in [-0.05, 0) is 70.6 Å². The van der Waals surface area contributed by atoms with Crippen molar-refractivity contribution in [1.82, 2.24) is 10.2 Å². The van der Waals surface area contributed by atoms with Crippen molar-refractivity contribution in [3.05, 3.63) is 12.7 Å². The fourth-order valence-electron chi connectivity index (χ4n) is 2.48. The third-order valence-electron chi connectivity index (χ3n) is 3.86. The zero-order valence-electron chi connectivity index (χ0n) is 10.5. The Morgan fingerprint density at radius 3 is 2.56 bits per heavy atom. The molecular formula is C14H26N2. The average Bonchev–Trinajstić information content (AvgIpc) is 3.12. The minimum Gasteiger partial charge on any atom is -0.314 e. The Kier molecular flexibility index (Phi) is 4.86. The molecule has 0 bridgehead atoms. The summed E-state index contributed by atoms with van der Waals surface area (Å²) in [7, 11) is 0. The van der Waals surface area contributed by atoms with E-state index in [2.05, 4.69) is 16.8 Å². The molecule has 2 fully saturated rings. The number of rotatable bonds is 7. The standard InChI is InChI=1S/C14H26N2/c1-2-3-4-9-16-10-7-14(8-11-16)15-12-13-5-6-13/h2,13-15H,1,3-12H2. The van der Waals surface area contributed by atoms with Crippen LogP contribution in [-0.4, -0.2) is 37.1 Å². The highest BCUT2D eigenvalue weighted by molar-refractivity contribution is 4.82. The molecule has 16 heavy (non-hydrogen) atoms. The predicted molar refractivity (Wildman–Crippen MR) is 69.6 cm³/mol. The van der Waals surface area contributed by atoms with Crippen molar-refractivity contribution in [1.29, 1.82) is 0 Å². The van der Waals surface area contributed by atoms with E-state index in [-0.39, 0.29) is 0 Å². The van der Waals surface area contributed by atoms with E-state index in [0.717, 1.165) is 12.0 Å². The van der Waals surface area contributed by atoms with Crippen molar-refractivity contribution in [2.24, 2.45) is 5.92 Å². The number of allylic oxidation sites excluding steroid dienone is 1. The maximum absolute atomic E-state index is 3.77. The topological polar surface area (TPSA) is 15.3 Å². The largest absolute Gasteiger partial charge is 0.314 e. The number of likely N-dealkylation sites (tertiary alicyclic amines) is 1. The zero-order chi connectivity index (χ0) is 11.2. The van der Waals surface area contributed by atoms with E-state index in [1.807, 2.05) is 6.08 Å². The summed E-state index contributed by atoms with van der Waals surface area (Å²) in [5, 5.41) is 3.73. The van der Waals surface area contributed by atoms with Gasteiger partial charge in [-0.1, -0.05) is 6.08 Å². The summed E-state index contributed by atoms with van der Waals surface area (Å²) >= 11 is 0. The summed E-state index contributed by atoms with van der Waals surface area (Å²) in [6.07, 6.45) is 10.1. The molecule has 1 saturated carbocycles. The van der Waals surface area contributed by atoms with Crippen molar-refractivity contribution in [3.63, 3.8) is 0 Å². The summed E-state index contributed by atoms with van der Waals surface area (Å²) < 4.78 is 0. The van der Waals surface area contributed by atoms with Crippen molar-refractivity contribution in [3.8, 4) is 0 Å². The van der Waals surface area contributed by atoms with E-state index in [1.165, 1.54) is 64.7 Å². The van der Waals surface area contributed by atoms with Gasteiger partial charge in [0.1, 0.15) is 0 Å². The summed E-state index contributed by atoms with van der Waals surface area (Å²) in [5.41, 5.74) is 0. The maximum Gasteiger partial charge on any atom is 0.00915 e. The zero-order valence-corrected chi connectivity index (χ0v) is 10.5. The molecule has 1 saturated heterocycles. The number of piperidine rings is 1. The molecule has 1 aliphatic heterocycles. The smallest absolute Gasteiger partial charge is 0.00915 e. The quantitative estimate of drug-likeness (QED) is 0.526. The Labute approximate surface area is 100 Å². The third kappa shape index (κ3) is 4.26. The maximum atomic E-state index is 3.77. The van der Waals surface area contributed by atoms with E-state index < -0.39 is 0 Å². The van der Waals surface area contributed by atoms with E-state index in [4.69, 9.17) is 0 Å². The van der Waals surface area contributed by atoms with Crippen LogP contribution in [0.3, 0.4) is 0 Å². The Morgan fingerprint density at radius 1 is 1.19 bits per heavy atom. The molecule has 1 heterocycles. The first-order chi connectivity index (χ1) is 7.88. The molecule has 92 valence electrons. The molecule has 0 atom stereocenters. The van der Waals surface area contributed by atoms with Crippen LogP contribution in [0, 0.1) is 5.92 Å². The van der Waals surface area contributed by atoms with Crippen LogP contribution in [0.4, 0.5) is 0 Å². The second-order valence-corrected chi connectivity index (χ2v) is 5.40. The first-order valence-electron chi connectivity index (χ1n) is 6.95. The number of nitrogens with zero attached hydrogens (tertiary/aromatic N) is 1. The van der Waals surface area contributed by atoms with Crippen molar-refractivity contribution in [2.45, 2.75) is 44.6 Å². The summed E-state index contributed by atoms with van der Waals surface area (Å²) in [6.45, 7) is 8.90. The van der Waals surface area contributed by atoms with E-state index in [1.54, 1.807) is 0 Å². The molecule has 0 aromatic heterocycles. The van der Waals surface area contributed by atoms with E-state index in [9.17, 15) is 0 Å². The van der Waals surface area contributed by atoms with Gasteiger partial charge in [-0.3, -0.25) is 0 Å². The molecule has 0 amide bonds. The van der Waals surface area contributed by atoms with Crippen molar-refractivity contribution in [2.75, 3.05) is 26.2 Å². The number of hydrogen-bond donors (Lipinski definition) is 1. The molecule has 2 aliphatic rings. The lowest BCUT2D eigenvalue weighted by Gasteiger charge is -2.32. The van der Waals surface area contributed by atoms with Crippen LogP contribution >= 0.6 is 0 Å². The van der Waals surface area contributed by atoms with Gasteiger partial charge in [0.2, 0.25) is 0 Å². The summed E-state index contributed by atoms with van der Waals surface area (Å²) in [5.74, 6) is 1.02. The summed E-state index contributed by atoms with van der Waals surface area (Å²) in [6, 6.07) is 0.802. The minimum atomic E-state index is 0.802. The lowest BCUT2D eigenvalue weighted by molar-refractivity contribution is 0.196. The molecule has 0 spiro atoms. The summed E-state index contributed by atoms with van der Waals surface area (Å²) in [4.78, 5) is 2.61. The van der Waals surface area contributed by atoms with E-state index in [0.29, 0.717) is 0 Å². The highest BCUT2D eigenvalue weighted by Gasteiger charge is 2.24. The monoisotopic (exact) mass is 222 g/mol. The molecule has 2 nitrogen and oxygen atoms in total. The van der Waals surface area contributed by atoms with Crippen LogP contribution in [-0.2, 0) is 0 Å². The second-order valence-electron chi connectivity index (χ2n) is 5.40. The first kappa shape index (κ1) is 12.1. The molecule has 0 aromatic rings. The van der Waals surface area contributed by atoms with Crippen LogP contribution in [0.15, 0.2) is 12.7 Å². The average molecular weight is 222 g/mol. The van der Waals surface area contributed by atoms with Gasteiger partial charge in [-0.25, -0.2) is 0 Å². The van der Waals surface area contributed by atoms with Crippen molar-refractivity contribution < 1.29 is 0 Å². The predicted octanol–water partition coefficient (Wildman–Crippen LogP) is 2.42. The molecule has 2 rings (SSSR count). The molecular weight excluding hydrogens is 196 g/mol. The molecule has 1 aliphatic carbocycles. The van der Waals surface area contributed by atoms with Crippen molar-refractivity contribution >= 4 is 0 Å². The Morgan fingerprint density at radius 2 is 1.94 bits per heavy atom. The van der Waals surface area contributed by atoms with Gasteiger partial charge in [0.25, 0.3) is 0 Å². The molecule has 1 N–H and O–H groups in total. The lowest BCUT2D eigenvalue weighted by atomic mass is 10.0. The number of nitrogens with one attached hydrogen (secondary N) is 1. The molecule has 0 unspecified atom stereocenters. The number of hydrogen-bond acceptors (Lipinski definition) is 2. The van der Waals surface area contributed by atoms with Crippen LogP contribution in [0.2, 0.25) is 0 Å². The fourth-order valence-corrected chi connectivity index (χ4v) is 2.48. The molecule has 0 aromatic carbocycles.